The first-order valence-electron chi connectivity index (χ1n) is 10.6. The maximum absolute atomic E-state index is 5.92. The van der Waals surface area contributed by atoms with Crippen LogP contribution in [0.1, 0.15) is 19.8 Å². The number of aromatic amines is 1. The number of rotatable bonds is 6. The van der Waals surface area contributed by atoms with Crippen LogP contribution < -0.4 is 9.64 Å². The third kappa shape index (κ3) is 3.44. The quantitative estimate of drug-likeness (QED) is 0.469. The molecule has 30 heavy (non-hydrogen) atoms. The van der Waals surface area contributed by atoms with Crippen molar-refractivity contribution in [3.8, 4) is 22.8 Å². The van der Waals surface area contributed by atoms with Crippen LogP contribution in [0.3, 0.4) is 0 Å². The number of hydrogen-bond donors (Lipinski definition) is 2. The first kappa shape index (κ1) is 19.1. The summed E-state index contributed by atoms with van der Waals surface area (Å²) in [5.74, 6) is 1.72. The highest BCUT2D eigenvalue weighted by Gasteiger charge is 2.21. The molecule has 4 aromatic rings. The number of ether oxygens (including phenoxy) is 1. The van der Waals surface area contributed by atoms with E-state index in [1.807, 2.05) is 48.1 Å². The van der Waals surface area contributed by atoms with E-state index in [1.54, 1.807) is 0 Å². The molecule has 2 aromatic heterocycles. The lowest BCUT2D eigenvalue weighted by atomic mass is 10.1. The highest BCUT2D eigenvalue weighted by molar-refractivity contribution is 7.71. The molecule has 6 nitrogen and oxygen atoms in total. The molecule has 2 aromatic carbocycles. The van der Waals surface area contributed by atoms with Gasteiger partial charge in [0.1, 0.15) is 5.75 Å². The predicted molar refractivity (Wildman–Crippen MR) is 121 cm³/mol. The Balaban J connectivity index is 1.65. The third-order valence-electron chi connectivity index (χ3n) is 5.76. The van der Waals surface area contributed by atoms with Crippen molar-refractivity contribution >= 4 is 23.1 Å². The van der Waals surface area contributed by atoms with Gasteiger partial charge in [0.2, 0.25) is 4.77 Å². The predicted octanol–water partition coefficient (Wildman–Crippen LogP) is 3.59. The molecule has 3 heterocycles. The van der Waals surface area contributed by atoms with Gasteiger partial charge in [0.15, 0.2) is 12.5 Å². The molecule has 0 unspecified atom stereocenters. The van der Waals surface area contributed by atoms with Gasteiger partial charge in [-0.2, -0.15) is 4.68 Å². The Morgan fingerprint density at radius 1 is 1.10 bits per heavy atom. The summed E-state index contributed by atoms with van der Waals surface area (Å²) in [7, 11) is 0. The van der Waals surface area contributed by atoms with Crippen molar-refractivity contribution in [2.75, 3.05) is 19.7 Å². The van der Waals surface area contributed by atoms with Crippen LogP contribution in [0, 0.1) is 4.77 Å². The monoisotopic (exact) mass is 420 g/mol. The number of benzene rings is 2. The number of H-pyrrole nitrogens is 1. The van der Waals surface area contributed by atoms with E-state index in [-0.39, 0.29) is 0 Å². The molecule has 0 amide bonds. The second kappa shape index (κ2) is 8.08. The SMILES string of the molecule is CCOc1ccc(-n2c(-c3c[nH]c4ccccc34)nn(C[NH+]3CCCC3)c2=S)cc1. The Bertz CT molecular complexity index is 1210. The largest absolute Gasteiger partial charge is 0.494 e. The van der Waals surface area contributed by atoms with E-state index >= 15 is 0 Å². The summed E-state index contributed by atoms with van der Waals surface area (Å²) in [5.41, 5.74) is 3.14. The van der Waals surface area contributed by atoms with Crippen molar-refractivity contribution in [2.24, 2.45) is 0 Å². The Morgan fingerprint density at radius 2 is 1.87 bits per heavy atom. The average molecular weight is 421 g/mol. The van der Waals surface area contributed by atoms with Gasteiger partial charge in [0.05, 0.1) is 25.4 Å². The summed E-state index contributed by atoms with van der Waals surface area (Å²) in [5, 5.41) is 6.15. The highest BCUT2D eigenvalue weighted by atomic mass is 32.1. The van der Waals surface area contributed by atoms with Gasteiger partial charge in [-0.25, -0.2) is 0 Å². The summed E-state index contributed by atoms with van der Waals surface area (Å²) in [4.78, 5) is 4.91. The molecule has 154 valence electrons. The molecule has 5 rings (SSSR count). The number of para-hydroxylation sites is 1. The zero-order valence-corrected chi connectivity index (χ0v) is 17.9. The molecule has 0 radical (unpaired) electrons. The molecule has 0 bridgehead atoms. The number of nitrogens with one attached hydrogen (secondary N) is 2. The molecule has 7 heteroatoms. The van der Waals surface area contributed by atoms with Crippen molar-refractivity contribution in [3.63, 3.8) is 0 Å². The number of likely N-dealkylation sites (tertiary alicyclic amines) is 1. The average Bonchev–Trinajstić information content (AvgIpc) is 3.49. The summed E-state index contributed by atoms with van der Waals surface area (Å²) < 4.78 is 10.4. The van der Waals surface area contributed by atoms with Gasteiger partial charge in [-0.05, 0) is 49.5 Å². The molecule has 1 fully saturated rings. The van der Waals surface area contributed by atoms with Crippen LogP contribution in [0.5, 0.6) is 5.75 Å². The van der Waals surface area contributed by atoms with Gasteiger partial charge in [-0.1, -0.05) is 18.2 Å². The summed E-state index contributed by atoms with van der Waals surface area (Å²) in [6.07, 6.45) is 4.58. The molecule has 2 N–H and O–H groups in total. The van der Waals surface area contributed by atoms with Crippen LogP contribution >= 0.6 is 12.2 Å². The second-order valence-corrected chi connectivity index (χ2v) is 8.10. The van der Waals surface area contributed by atoms with Crippen molar-refractivity contribution in [1.29, 1.82) is 0 Å². The van der Waals surface area contributed by atoms with Crippen LogP contribution in [0.15, 0.2) is 54.7 Å². The maximum atomic E-state index is 5.92. The summed E-state index contributed by atoms with van der Waals surface area (Å²) in [6.45, 7) is 5.80. The van der Waals surface area contributed by atoms with Gasteiger partial charge in [0.25, 0.3) is 0 Å². The number of quaternary nitrogens is 1. The Labute approximate surface area is 180 Å². The van der Waals surface area contributed by atoms with E-state index in [9.17, 15) is 0 Å². The first-order valence-corrected chi connectivity index (χ1v) is 11.0. The molecule has 1 aliphatic rings. The minimum absolute atomic E-state index is 0.649. The van der Waals surface area contributed by atoms with Crippen molar-refractivity contribution in [3.05, 3.63) is 59.5 Å². The van der Waals surface area contributed by atoms with Crippen LogP contribution in [0.25, 0.3) is 28.0 Å². The van der Waals surface area contributed by atoms with Gasteiger partial charge in [-0.3, -0.25) is 4.57 Å². The van der Waals surface area contributed by atoms with Gasteiger partial charge in [0, 0.05) is 35.5 Å². The topological polar surface area (TPSA) is 52.2 Å². The molecule has 0 spiro atoms. The highest BCUT2D eigenvalue weighted by Crippen LogP contribution is 2.30. The normalized spacial score (nSPS) is 14.6. The molecule has 0 atom stereocenters. The van der Waals surface area contributed by atoms with Crippen LogP contribution in [-0.2, 0) is 6.67 Å². The molecule has 0 saturated carbocycles. The summed E-state index contributed by atoms with van der Waals surface area (Å²) >= 11 is 5.92. The Morgan fingerprint density at radius 3 is 2.63 bits per heavy atom. The minimum Gasteiger partial charge on any atom is -0.494 e. The van der Waals surface area contributed by atoms with E-state index in [1.165, 1.54) is 30.8 Å². The maximum Gasteiger partial charge on any atom is 0.207 e. The molecular weight excluding hydrogens is 394 g/mol. The van der Waals surface area contributed by atoms with Crippen molar-refractivity contribution in [1.82, 2.24) is 19.3 Å². The fourth-order valence-corrected chi connectivity index (χ4v) is 4.57. The lowest BCUT2D eigenvalue weighted by Gasteiger charge is -2.11. The second-order valence-electron chi connectivity index (χ2n) is 7.73. The Kier molecular flexibility index (Phi) is 5.14. The number of nitrogens with zero attached hydrogens (tertiary/aromatic N) is 3. The smallest absolute Gasteiger partial charge is 0.207 e. The number of hydrogen-bond acceptors (Lipinski definition) is 3. The van der Waals surface area contributed by atoms with E-state index < -0.39 is 0 Å². The van der Waals surface area contributed by atoms with Crippen LogP contribution in [0.4, 0.5) is 0 Å². The summed E-state index contributed by atoms with van der Waals surface area (Å²) in [6, 6.07) is 16.4. The van der Waals surface area contributed by atoms with Gasteiger partial charge >= 0.3 is 0 Å². The van der Waals surface area contributed by atoms with Gasteiger partial charge in [-0.15, -0.1) is 5.10 Å². The number of fused-ring (bicyclic) bond motifs is 1. The van der Waals surface area contributed by atoms with Crippen molar-refractivity contribution < 1.29 is 9.64 Å². The third-order valence-corrected chi connectivity index (χ3v) is 6.15. The standard InChI is InChI=1S/C23H25N5OS/c1-2-29-18-11-9-17(10-12-18)28-22(20-15-24-21-8-4-3-7-19(20)21)25-27(23(28)30)16-26-13-5-6-14-26/h3-4,7-12,15,24H,2,5-6,13-14,16H2,1H3/p+1. The van der Waals surface area contributed by atoms with Gasteiger partial charge < -0.3 is 14.6 Å². The van der Waals surface area contributed by atoms with E-state index in [0.29, 0.717) is 6.61 Å². The van der Waals surface area contributed by atoms with E-state index in [2.05, 4.69) is 27.8 Å². The number of aromatic nitrogens is 4. The Hall–Kier alpha value is -2.90. The lowest BCUT2D eigenvalue weighted by Crippen LogP contribution is -3.09. The van der Waals surface area contributed by atoms with E-state index in [4.69, 9.17) is 22.1 Å². The lowest BCUT2D eigenvalue weighted by molar-refractivity contribution is -0.911. The van der Waals surface area contributed by atoms with Crippen LogP contribution in [0.2, 0.25) is 0 Å². The minimum atomic E-state index is 0.649. The van der Waals surface area contributed by atoms with Crippen LogP contribution in [-0.4, -0.2) is 39.0 Å². The molecule has 1 aliphatic heterocycles. The zero-order chi connectivity index (χ0) is 20.5. The molecule has 1 saturated heterocycles. The molecule has 0 aliphatic carbocycles. The first-order chi connectivity index (χ1) is 14.7. The van der Waals surface area contributed by atoms with Crippen molar-refractivity contribution in [2.45, 2.75) is 26.4 Å². The fourth-order valence-electron chi connectivity index (χ4n) is 4.28. The fraction of sp³-hybridized carbons (Fsp3) is 0.304. The van der Waals surface area contributed by atoms with E-state index in [0.717, 1.165) is 45.2 Å². The zero-order valence-electron chi connectivity index (χ0n) is 17.1. The molecular formula is C23H26N5OS+.